The van der Waals surface area contributed by atoms with Crippen LogP contribution in [0.25, 0.3) is 10.8 Å². The van der Waals surface area contributed by atoms with E-state index >= 15 is 0 Å². The van der Waals surface area contributed by atoms with Crippen molar-refractivity contribution in [1.29, 1.82) is 0 Å². The van der Waals surface area contributed by atoms with E-state index in [1.807, 2.05) is 6.92 Å². The summed E-state index contributed by atoms with van der Waals surface area (Å²) in [4.78, 5) is 0. The molecule has 21 heavy (non-hydrogen) atoms. The fourth-order valence-corrected chi connectivity index (χ4v) is 2.07. The number of ether oxygens (including phenoxy) is 1. The molecule has 6 heteroatoms. The second-order valence-corrected chi connectivity index (χ2v) is 4.83. The Labute approximate surface area is 165 Å². The van der Waals surface area contributed by atoms with Gasteiger partial charge in [0.1, 0.15) is 0 Å². The van der Waals surface area contributed by atoms with Crippen molar-refractivity contribution in [3.63, 3.8) is 0 Å². The first-order chi connectivity index (χ1) is 9.39. The second kappa shape index (κ2) is 7.83. The van der Waals surface area contributed by atoms with Gasteiger partial charge in [-0.1, -0.05) is 41.4 Å². The molecule has 1 nitrogen and oxygen atoms in total. The van der Waals surface area contributed by atoms with E-state index in [2.05, 4.69) is 6.58 Å². The van der Waals surface area contributed by atoms with Crippen LogP contribution in [0.1, 0.15) is 13.3 Å². The molecule has 0 amide bonds. The maximum Gasteiger partial charge on any atom is 1.00 e. The molecule has 2 rings (SSSR count). The number of rotatable bonds is 5. The Morgan fingerprint density at radius 1 is 1.14 bits per heavy atom. The predicted octanol–water partition coefficient (Wildman–Crippen LogP) is 1.24. The van der Waals surface area contributed by atoms with E-state index in [4.69, 9.17) is 4.74 Å². The average molecular weight is 318 g/mol. The molecule has 0 atom stereocenters. The largest absolute Gasteiger partial charge is 1.00 e. The van der Waals surface area contributed by atoms with Gasteiger partial charge in [0, 0.05) is 6.42 Å². The summed E-state index contributed by atoms with van der Waals surface area (Å²) < 4.78 is 45.3. The van der Waals surface area contributed by atoms with Crippen LogP contribution in [0.5, 0.6) is 5.75 Å². The van der Waals surface area contributed by atoms with Gasteiger partial charge < -0.3 is 17.7 Å². The Balaban J connectivity index is 0.00000220. The standard InChI is InChI=1S/C15H15BF3O.K/c1-11(2)9-10-20-14-8-7-12-5-3-4-6-13(12)15(14)16(17,18)19;/h3-8H,1,9-10H2,2H3;/q-1;+1. The molecule has 0 aromatic heterocycles. The van der Waals surface area contributed by atoms with Crippen molar-refractivity contribution in [1.82, 2.24) is 0 Å². The van der Waals surface area contributed by atoms with E-state index in [0.717, 1.165) is 5.57 Å². The van der Waals surface area contributed by atoms with E-state index in [1.54, 1.807) is 24.3 Å². The minimum absolute atomic E-state index is 0. The summed E-state index contributed by atoms with van der Waals surface area (Å²) in [5.41, 5.74) is 0.231. The van der Waals surface area contributed by atoms with Crippen LogP contribution in [-0.2, 0) is 0 Å². The van der Waals surface area contributed by atoms with Crippen LogP contribution in [-0.4, -0.2) is 13.6 Å². The fraction of sp³-hybridized carbons (Fsp3) is 0.200. The van der Waals surface area contributed by atoms with E-state index < -0.39 is 12.4 Å². The zero-order chi connectivity index (χ0) is 14.8. The van der Waals surface area contributed by atoms with Crippen molar-refractivity contribution < 1.29 is 69.1 Å². The Kier molecular flexibility index (Phi) is 7.00. The number of hydrogen-bond donors (Lipinski definition) is 0. The van der Waals surface area contributed by atoms with Gasteiger partial charge in [-0.15, -0.1) is 6.58 Å². The number of halogens is 3. The summed E-state index contributed by atoms with van der Waals surface area (Å²) in [5.74, 6) is -0.0996. The Morgan fingerprint density at radius 2 is 1.81 bits per heavy atom. The number of benzene rings is 2. The van der Waals surface area contributed by atoms with E-state index in [9.17, 15) is 12.9 Å². The zero-order valence-corrected chi connectivity index (χ0v) is 15.3. The second-order valence-electron chi connectivity index (χ2n) is 4.83. The minimum Gasteiger partial charge on any atom is -0.496 e. The van der Waals surface area contributed by atoms with E-state index in [-0.39, 0.29) is 69.1 Å². The molecule has 0 saturated heterocycles. The van der Waals surface area contributed by atoms with Crippen molar-refractivity contribution in [2.24, 2.45) is 0 Å². The molecule has 0 fully saturated rings. The van der Waals surface area contributed by atoms with Crippen molar-refractivity contribution >= 4 is 23.2 Å². The normalized spacial score (nSPS) is 11.0. The molecule has 0 unspecified atom stereocenters. The van der Waals surface area contributed by atoms with E-state index in [0.29, 0.717) is 11.8 Å². The monoisotopic (exact) mass is 318 g/mol. The molecule has 0 radical (unpaired) electrons. The van der Waals surface area contributed by atoms with Crippen molar-refractivity contribution in [2.45, 2.75) is 13.3 Å². The van der Waals surface area contributed by atoms with Crippen LogP contribution >= 0.6 is 0 Å². The summed E-state index contributed by atoms with van der Waals surface area (Å²) in [7, 11) is 0. The molecule has 0 aliphatic carbocycles. The molecule has 0 N–H and O–H groups in total. The number of fused-ring (bicyclic) bond motifs is 1. The summed E-state index contributed by atoms with van der Waals surface area (Å²) >= 11 is 0. The quantitative estimate of drug-likeness (QED) is 0.595. The van der Waals surface area contributed by atoms with Gasteiger partial charge in [-0.2, -0.15) is 0 Å². The van der Waals surface area contributed by atoms with Gasteiger partial charge in [0.2, 0.25) is 0 Å². The summed E-state index contributed by atoms with van der Waals surface area (Å²) in [6.45, 7) is 0.598. The van der Waals surface area contributed by atoms with Crippen LogP contribution < -0.4 is 61.6 Å². The van der Waals surface area contributed by atoms with Gasteiger partial charge >= 0.3 is 58.4 Å². The molecular formula is C15H15BF3KO. The average Bonchev–Trinajstić information content (AvgIpc) is 2.36. The molecular weight excluding hydrogens is 303 g/mol. The predicted molar refractivity (Wildman–Crippen MR) is 77.6 cm³/mol. The Hall–Kier alpha value is -0.269. The van der Waals surface area contributed by atoms with Gasteiger partial charge in [-0.3, -0.25) is 0 Å². The first-order valence-corrected chi connectivity index (χ1v) is 6.38. The first-order valence-electron chi connectivity index (χ1n) is 6.38. The van der Waals surface area contributed by atoms with Gasteiger partial charge in [-0.25, -0.2) is 0 Å². The molecule has 0 aliphatic heterocycles. The first kappa shape index (κ1) is 18.8. The van der Waals surface area contributed by atoms with Gasteiger partial charge in [0.05, 0.1) is 12.4 Å². The summed E-state index contributed by atoms with van der Waals surface area (Å²) in [6, 6.07) is 9.51. The maximum absolute atomic E-state index is 13.3. The molecule has 0 aliphatic rings. The third-order valence-electron chi connectivity index (χ3n) is 3.04. The Bertz CT molecular complexity index is 640. The molecule has 0 heterocycles. The van der Waals surface area contributed by atoms with Crippen molar-refractivity contribution in [3.05, 3.63) is 48.6 Å². The molecule has 2 aromatic carbocycles. The van der Waals surface area contributed by atoms with Crippen molar-refractivity contribution in [3.8, 4) is 5.75 Å². The zero-order valence-electron chi connectivity index (χ0n) is 12.2. The minimum atomic E-state index is -5.13. The van der Waals surface area contributed by atoms with Gasteiger partial charge in [-0.05, 0) is 23.8 Å². The van der Waals surface area contributed by atoms with Gasteiger partial charge in [0.25, 0.3) is 0 Å². The fourth-order valence-electron chi connectivity index (χ4n) is 2.07. The molecule has 0 bridgehead atoms. The van der Waals surface area contributed by atoms with E-state index in [1.165, 1.54) is 12.1 Å². The number of hydrogen-bond acceptors (Lipinski definition) is 1. The van der Waals surface area contributed by atoms with Crippen molar-refractivity contribution in [2.75, 3.05) is 6.61 Å². The molecule has 106 valence electrons. The molecule has 0 spiro atoms. The third kappa shape index (κ3) is 4.86. The third-order valence-corrected chi connectivity index (χ3v) is 3.04. The van der Waals surface area contributed by atoms with Crippen LogP contribution in [0.15, 0.2) is 48.6 Å². The SMILES string of the molecule is C=C(C)CCOc1ccc2ccccc2c1[B-](F)(F)F.[K+]. The maximum atomic E-state index is 13.3. The Morgan fingerprint density at radius 3 is 2.43 bits per heavy atom. The van der Waals surface area contributed by atoms with Crippen LogP contribution in [0, 0.1) is 0 Å². The van der Waals surface area contributed by atoms with Crippen LogP contribution in [0.2, 0.25) is 0 Å². The summed E-state index contributed by atoms with van der Waals surface area (Å²) in [6.07, 6.45) is 0.539. The molecule has 2 aromatic rings. The smallest absolute Gasteiger partial charge is 0.496 e. The van der Waals surface area contributed by atoms with Crippen LogP contribution in [0.3, 0.4) is 0 Å². The topological polar surface area (TPSA) is 9.23 Å². The molecule has 0 saturated carbocycles. The van der Waals surface area contributed by atoms with Crippen LogP contribution in [0.4, 0.5) is 12.9 Å². The summed E-state index contributed by atoms with van der Waals surface area (Å²) in [5, 5.41) is 0.752. The van der Waals surface area contributed by atoms with Gasteiger partial charge in [0.15, 0.2) is 0 Å².